The van der Waals surface area contributed by atoms with Crippen LogP contribution in [-0.2, 0) is 20.5 Å². The maximum absolute atomic E-state index is 12.5. The van der Waals surface area contributed by atoms with Crippen molar-refractivity contribution in [3.63, 3.8) is 0 Å². The van der Waals surface area contributed by atoms with E-state index in [4.69, 9.17) is 9.31 Å². The molecule has 1 saturated carbocycles. The minimum absolute atomic E-state index is 0.214. The molecule has 2 heterocycles. The van der Waals surface area contributed by atoms with Crippen molar-refractivity contribution in [3.8, 4) is 0 Å². The normalized spacial score (nSPS) is 25.2. The number of rotatable bonds is 2. The van der Waals surface area contributed by atoms with Gasteiger partial charge in [-0.05, 0) is 64.6 Å². The van der Waals surface area contributed by atoms with E-state index in [2.05, 4.69) is 46.8 Å². The van der Waals surface area contributed by atoms with Crippen LogP contribution >= 0.6 is 0 Å². The number of benzene rings is 1. The van der Waals surface area contributed by atoms with E-state index in [1.54, 1.807) is 0 Å². The Hall–Kier alpha value is -1.33. The summed E-state index contributed by atoms with van der Waals surface area (Å²) in [6.07, 6.45) is 2.70. The Kier molecular flexibility index (Phi) is 3.05. The van der Waals surface area contributed by atoms with Crippen LogP contribution in [0.25, 0.3) is 0 Å². The summed E-state index contributed by atoms with van der Waals surface area (Å²) in [5, 5.41) is 0. The Balaban J connectivity index is 1.78. The number of hydrogen-bond donors (Lipinski definition) is 0. The predicted octanol–water partition coefficient (Wildman–Crippen LogP) is 2.35. The highest BCUT2D eigenvalue weighted by Gasteiger charge is 2.53. The van der Waals surface area contributed by atoms with Gasteiger partial charge < -0.3 is 14.2 Å². The third-order valence-corrected chi connectivity index (χ3v) is 5.81. The van der Waals surface area contributed by atoms with Gasteiger partial charge in [0.05, 0.1) is 17.6 Å². The Bertz CT molecular complexity index is 678. The number of carbonyl (C=O) groups is 1. The molecule has 1 saturated heterocycles. The smallest absolute Gasteiger partial charge is 0.399 e. The maximum atomic E-state index is 12.5. The first-order chi connectivity index (χ1) is 10.7. The average Bonchev–Trinajstić information content (AvgIpc) is 3.15. The molecule has 1 aliphatic carbocycles. The molecule has 0 aromatic heterocycles. The fourth-order valence-corrected chi connectivity index (χ4v) is 3.57. The van der Waals surface area contributed by atoms with Crippen LogP contribution in [0.1, 0.15) is 51.7 Å². The number of aryl methyl sites for hydroxylation is 1. The molecule has 0 atom stereocenters. The van der Waals surface area contributed by atoms with Crippen LogP contribution in [0, 0.1) is 6.92 Å². The van der Waals surface area contributed by atoms with Crippen molar-refractivity contribution in [2.75, 3.05) is 4.90 Å². The van der Waals surface area contributed by atoms with E-state index in [9.17, 15) is 4.79 Å². The van der Waals surface area contributed by atoms with Crippen LogP contribution in [0.3, 0.4) is 0 Å². The summed E-state index contributed by atoms with van der Waals surface area (Å²) in [5.74, 6) is 0.214. The monoisotopic (exact) mass is 313 g/mol. The summed E-state index contributed by atoms with van der Waals surface area (Å²) in [7, 11) is -0.401. The third-order valence-electron chi connectivity index (χ3n) is 5.81. The molecule has 0 unspecified atom stereocenters. The van der Waals surface area contributed by atoms with Crippen molar-refractivity contribution in [1.82, 2.24) is 0 Å². The molecular formula is C18H24BNO3. The molecule has 1 aromatic rings. The van der Waals surface area contributed by atoms with E-state index >= 15 is 0 Å². The highest BCUT2D eigenvalue weighted by atomic mass is 16.7. The van der Waals surface area contributed by atoms with E-state index in [0.29, 0.717) is 12.5 Å². The predicted molar refractivity (Wildman–Crippen MR) is 91.1 cm³/mol. The zero-order valence-corrected chi connectivity index (χ0v) is 14.6. The summed E-state index contributed by atoms with van der Waals surface area (Å²) in [6.45, 7) is 10.3. The Morgan fingerprint density at radius 1 is 1.13 bits per heavy atom. The maximum Gasteiger partial charge on any atom is 0.495 e. The van der Waals surface area contributed by atoms with Gasteiger partial charge in [-0.2, -0.15) is 0 Å². The van der Waals surface area contributed by atoms with Gasteiger partial charge in [-0.15, -0.1) is 0 Å². The van der Waals surface area contributed by atoms with Crippen LogP contribution in [-0.4, -0.2) is 30.3 Å². The molecule has 1 aromatic carbocycles. The van der Waals surface area contributed by atoms with Crippen LogP contribution in [0.15, 0.2) is 12.1 Å². The van der Waals surface area contributed by atoms with E-state index < -0.39 is 7.12 Å². The van der Waals surface area contributed by atoms with Crippen molar-refractivity contribution in [1.29, 1.82) is 0 Å². The van der Waals surface area contributed by atoms with Crippen LogP contribution in [0.2, 0.25) is 0 Å². The zero-order valence-electron chi connectivity index (χ0n) is 14.6. The third kappa shape index (κ3) is 2.17. The van der Waals surface area contributed by atoms with Crippen molar-refractivity contribution >= 4 is 24.2 Å². The van der Waals surface area contributed by atoms with E-state index in [1.807, 2.05) is 4.90 Å². The molecule has 4 rings (SSSR count). The lowest BCUT2D eigenvalue weighted by molar-refractivity contribution is -0.117. The minimum atomic E-state index is -0.401. The molecule has 4 nitrogen and oxygen atoms in total. The molecule has 2 aliphatic heterocycles. The molecule has 2 fully saturated rings. The number of fused-ring (bicyclic) bond motifs is 1. The van der Waals surface area contributed by atoms with Gasteiger partial charge in [-0.25, -0.2) is 0 Å². The zero-order chi connectivity index (χ0) is 16.6. The summed E-state index contributed by atoms with van der Waals surface area (Å²) >= 11 is 0. The molecule has 23 heavy (non-hydrogen) atoms. The highest BCUT2D eigenvalue weighted by Crippen LogP contribution is 2.41. The van der Waals surface area contributed by atoms with Gasteiger partial charge in [0, 0.05) is 11.7 Å². The van der Waals surface area contributed by atoms with Crippen molar-refractivity contribution < 1.29 is 14.1 Å². The SMILES string of the molecule is Cc1ccc2c(c1B1OC(C)(C)C(C)(C)O1)CC(=O)N2C1CC1. The number of nitrogens with zero attached hydrogens (tertiary/aromatic N) is 1. The van der Waals surface area contributed by atoms with E-state index in [1.165, 1.54) is 0 Å². The number of hydrogen-bond acceptors (Lipinski definition) is 3. The van der Waals surface area contributed by atoms with E-state index in [-0.39, 0.29) is 17.1 Å². The fraction of sp³-hybridized carbons (Fsp3) is 0.611. The molecule has 122 valence electrons. The molecule has 0 N–H and O–H groups in total. The quantitative estimate of drug-likeness (QED) is 0.787. The fourth-order valence-electron chi connectivity index (χ4n) is 3.57. The van der Waals surface area contributed by atoms with Gasteiger partial charge in [-0.1, -0.05) is 11.6 Å². The van der Waals surface area contributed by atoms with Crippen molar-refractivity contribution in [3.05, 3.63) is 23.3 Å². The highest BCUT2D eigenvalue weighted by molar-refractivity contribution is 6.63. The minimum Gasteiger partial charge on any atom is -0.399 e. The lowest BCUT2D eigenvalue weighted by atomic mass is 9.72. The number of amides is 1. The molecule has 1 amide bonds. The van der Waals surface area contributed by atoms with Crippen molar-refractivity contribution in [2.45, 2.75) is 71.1 Å². The summed E-state index contributed by atoms with van der Waals surface area (Å²) in [4.78, 5) is 14.5. The second-order valence-corrected chi connectivity index (χ2v) is 8.05. The van der Waals surface area contributed by atoms with Crippen LogP contribution in [0.4, 0.5) is 5.69 Å². The van der Waals surface area contributed by atoms with Gasteiger partial charge in [0.2, 0.25) is 5.91 Å². The van der Waals surface area contributed by atoms with Crippen molar-refractivity contribution in [2.24, 2.45) is 0 Å². The first-order valence-corrected chi connectivity index (χ1v) is 8.51. The molecule has 0 radical (unpaired) electrons. The molecule has 3 aliphatic rings. The standard InChI is InChI=1S/C18H24BNO3/c1-11-6-9-14-13(10-15(21)20(14)12-7-8-12)16(11)19-22-17(2,3)18(4,5)23-19/h6,9,12H,7-8,10H2,1-5H3. The first kappa shape index (κ1) is 15.2. The second-order valence-electron chi connectivity index (χ2n) is 8.05. The van der Waals surface area contributed by atoms with Gasteiger partial charge in [0.1, 0.15) is 0 Å². The molecule has 0 bridgehead atoms. The molecule has 5 heteroatoms. The van der Waals surface area contributed by atoms with Gasteiger partial charge in [-0.3, -0.25) is 4.79 Å². The lowest BCUT2D eigenvalue weighted by Crippen LogP contribution is -2.41. The van der Waals surface area contributed by atoms with Gasteiger partial charge >= 0.3 is 7.12 Å². The average molecular weight is 313 g/mol. The second kappa shape index (κ2) is 4.61. The molecular weight excluding hydrogens is 289 g/mol. The van der Waals surface area contributed by atoms with E-state index in [0.717, 1.165) is 35.1 Å². The summed E-state index contributed by atoms with van der Waals surface area (Å²) < 4.78 is 12.5. The Morgan fingerprint density at radius 2 is 1.74 bits per heavy atom. The lowest BCUT2D eigenvalue weighted by Gasteiger charge is -2.32. The Morgan fingerprint density at radius 3 is 2.30 bits per heavy atom. The van der Waals surface area contributed by atoms with Gasteiger partial charge in [0.15, 0.2) is 0 Å². The van der Waals surface area contributed by atoms with Crippen LogP contribution in [0.5, 0.6) is 0 Å². The summed E-state index contributed by atoms with van der Waals surface area (Å²) in [6, 6.07) is 4.58. The Labute approximate surface area is 138 Å². The summed E-state index contributed by atoms with van der Waals surface area (Å²) in [5.41, 5.74) is 3.61. The first-order valence-electron chi connectivity index (χ1n) is 8.51. The number of carbonyl (C=O) groups excluding carboxylic acids is 1. The largest absolute Gasteiger partial charge is 0.495 e. The molecule has 0 spiro atoms. The van der Waals surface area contributed by atoms with Gasteiger partial charge in [0.25, 0.3) is 0 Å². The number of anilines is 1. The van der Waals surface area contributed by atoms with Crippen LogP contribution < -0.4 is 10.4 Å². The topological polar surface area (TPSA) is 38.8 Å².